The molecule has 1 N–H and O–H groups in total. The van der Waals surface area contributed by atoms with Crippen molar-refractivity contribution in [3.05, 3.63) is 6.92 Å². The third kappa shape index (κ3) is 8.10. The van der Waals surface area contributed by atoms with Gasteiger partial charge in [0.1, 0.15) is 0 Å². The summed E-state index contributed by atoms with van der Waals surface area (Å²) in [5, 5.41) is 3.50. The number of hydrogen-bond acceptors (Lipinski definition) is 2. The van der Waals surface area contributed by atoms with Crippen molar-refractivity contribution in [1.82, 2.24) is 10.2 Å². The Kier molecular flexibility index (Phi) is 10.8. The van der Waals surface area contributed by atoms with Crippen LogP contribution in [0, 0.1) is 6.92 Å². The quantitative estimate of drug-likeness (QED) is 0.564. The Bertz CT molecular complexity index is 170. The van der Waals surface area contributed by atoms with Gasteiger partial charge >= 0.3 is 0 Å². The van der Waals surface area contributed by atoms with E-state index in [1.807, 2.05) is 0 Å². The topological polar surface area (TPSA) is 15.3 Å². The molecule has 0 bridgehead atoms. The molecular weight excluding hydrogens is 220 g/mol. The molecule has 2 heteroatoms. The van der Waals surface area contributed by atoms with Crippen LogP contribution >= 0.6 is 0 Å². The van der Waals surface area contributed by atoms with Gasteiger partial charge < -0.3 is 5.32 Å². The molecule has 1 radical (unpaired) electrons. The van der Waals surface area contributed by atoms with Crippen LogP contribution in [0.4, 0.5) is 0 Å². The van der Waals surface area contributed by atoms with Crippen molar-refractivity contribution in [3.8, 4) is 0 Å². The normalized spacial score (nSPS) is 13.8. The minimum atomic E-state index is 0.626. The first kappa shape index (κ1) is 17.9. The minimum absolute atomic E-state index is 0.626. The van der Waals surface area contributed by atoms with Gasteiger partial charge in [0.15, 0.2) is 0 Å². The van der Waals surface area contributed by atoms with Crippen molar-refractivity contribution >= 4 is 0 Å². The zero-order chi connectivity index (χ0) is 14.0. The van der Waals surface area contributed by atoms with Crippen LogP contribution < -0.4 is 5.32 Å². The Labute approximate surface area is 116 Å². The van der Waals surface area contributed by atoms with Gasteiger partial charge in [0, 0.05) is 18.1 Å². The maximum Gasteiger partial charge on any atom is 0.00669 e. The molecule has 0 saturated heterocycles. The molecule has 0 aromatic carbocycles. The van der Waals surface area contributed by atoms with Gasteiger partial charge in [0.2, 0.25) is 0 Å². The monoisotopic (exact) mass is 255 g/mol. The van der Waals surface area contributed by atoms with Gasteiger partial charge in [-0.05, 0) is 60.0 Å². The molecule has 1 atom stereocenters. The van der Waals surface area contributed by atoms with E-state index in [1.54, 1.807) is 0 Å². The van der Waals surface area contributed by atoms with Crippen molar-refractivity contribution in [2.24, 2.45) is 0 Å². The first-order valence-electron chi connectivity index (χ1n) is 7.81. The summed E-state index contributed by atoms with van der Waals surface area (Å²) in [6.07, 6.45) is 6.29. The highest BCUT2D eigenvalue weighted by atomic mass is 15.2. The fourth-order valence-corrected chi connectivity index (χ4v) is 2.61. The summed E-state index contributed by atoms with van der Waals surface area (Å²) in [5.41, 5.74) is 0. The second-order valence-corrected chi connectivity index (χ2v) is 5.82. The molecule has 0 aliphatic heterocycles. The first-order chi connectivity index (χ1) is 8.52. The molecule has 109 valence electrons. The second kappa shape index (κ2) is 10.8. The van der Waals surface area contributed by atoms with Gasteiger partial charge in [-0.15, -0.1) is 0 Å². The standard InChI is InChI=1S/C16H35N2/c1-7-16(17-8-2)12-10-9-11-13-18(14(3)4)15(5)6/h14-17H,1,7-13H2,2-6H3. The SMILES string of the molecule is [CH2]CC(CCCCCN(C(C)C)C(C)C)NCC. The molecule has 0 aromatic rings. The van der Waals surface area contributed by atoms with E-state index >= 15 is 0 Å². The highest BCUT2D eigenvalue weighted by molar-refractivity contribution is 4.69. The summed E-state index contributed by atoms with van der Waals surface area (Å²) in [6.45, 7) is 17.7. The molecule has 0 spiro atoms. The number of rotatable bonds is 11. The Balaban J connectivity index is 3.65. The van der Waals surface area contributed by atoms with E-state index in [0.717, 1.165) is 13.0 Å². The molecule has 0 aromatic heterocycles. The van der Waals surface area contributed by atoms with E-state index in [9.17, 15) is 0 Å². The molecule has 0 amide bonds. The maximum absolute atomic E-state index is 4.01. The molecule has 0 aliphatic carbocycles. The van der Waals surface area contributed by atoms with E-state index in [4.69, 9.17) is 0 Å². The fourth-order valence-electron chi connectivity index (χ4n) is 2.61. The number of nitrogens with zero attached hydrogens (tertiary/aromatic N) is 1. The number of hydrogen-bond donors (Lipinski definition) is 1. The smallest absolute Gasteiger partial charge is 0.00669 e. The molecule has 18 heavy (non-hydrogen) atoms. The summed E-state index contributed by atoms with van der Waals surface area (Å²) < 4.78 is 0. The van der Waals surface area contributed by atoms with Crippen LogP contribution in [0.25, 0.3) is 0 Å². The minimum Gasteiger partial charge on any atom is -0.314 e. The summed E-state index contributed by atoms with van der Waals surface area (Å²) in [6, 6.07) is 1.96. The van der Waals surface area contributed by atoms with E-state index in [-0.39, 0.29) is 0 Å². The molecular formula is C16H35N2. The van der Waals surface area contributed by atoms with Gasteiger partial charge in [-0.25, -0.2) is 0 Å². The zero-order valence-electron chi connectivity index (χ0n) is 13.3. The van der Waals surface area contributed by atoms with Gasteiger partial charge in [-0.3, -0.25) is 4.90 Å². The van der Waals surface area contributed by atoms with Crippen molar-refractivity contribution in [3.63, 3.8) is 0 Å². The van der Waals surface area contributed by atoms with Crippen LogP contribution in [0.1, 0.15) is 66.7 Å². The average Bonchev–Trinajstić information content (AvgIpc) is 2.30. The van der Waals surface area contributed by atoms with Gasteiger partial charge in [-0.1, -0.05) is 26.7 Å². The highest BCUT2D eigenvalue weighted by Gasteiger charge is 2.12. The molecule has 2 nitrogen and oxygen atoms in total. The lowest BCUT2D eigenvalue weighted by molar-refractivity contribution is 0.171. The average molecular weight is 255 g/mol. The first-order valence-corrected chi connectivity index (χ1v) is 7.81. The van der Waals surface area contributed by atoms with Crippen LogP contribution in [-0.4, -0.2) is 36.1 Å². The Morgan fingerprint density at radius 3 is 2.06 bits per heavy atom. The van der Waals surface area contributed by atoms with E-state index < -0.39 is 0 Å². The lowest BCUT2D eigenvalue weighted by Gasteiger charge is -2.30. The predicted molar refractivity (Wildman–Crippen MR) is 82.9 cm³/mol. The summed E-state index contributed by atoms with van der Waals surface area (Å²) in [7, 11) is 0. The van der Waals surface area contributed by atoms with Crippen molar-refractivity contribution in [1.29, 1.82) is 0 Å². The van der Waals surface area contributed by atoms with Crippen LogP contribution in [0.5, 0.6) is 0 Å². The summed E-state index contributed by atoms with van der Waals surface area (Å²) >= 11 is 0. The van der Waals surface area contributed by atoms with E-state index in [0.29, 0.717) is 18.1 Å². The van der Waals surface area contributed by atoms with Crippen molar-refractivity contribution in [2.45, 2.75) is 84.8 Å². The van der Waals surface area contributed by atoms with Gasteiger partial charge in [0.05, 0.1) is 0 Å². The Morgan fingerprint density at radius 2 is 1.61 bits per heavy atom. The maximum atomic E-state index is 4.01. The lowest BCUT2D eigenvalue weighted by atomic mass is 10.1. The predicted octanol–water partition coefficient (Wildman–Crippen LogP) is 3.87. The van der Waals surface area contributed by atoms with E-state index in [2.05, 4.69) is 51.8 Å². The fraction of sp³-hybridized carbons (Fsp3) is 0.938. The van der Waals surface area contributed by atoms with Crippen LogP contribution in [0.2, 0.25) is 0 Å². The largest absolute Gasteiger partial charge is 0.314 e. The van der Waals surface area contributed by atoms with Gasteiger partial charge in [-0.2, -0.15) is 0 Å². The summed E-state index contributed by atoms with van der Waals surface area (Å²) in [4.78, 5) is 2.59. The van der Waals surface area contributed by atoms with Crippen molar-refractivity contribution in [2.75, 3.05) is 13.1 Å². The molecule has 1 unspecified atom stereocenters. The number of unbranched alkanes of at least 4 members (excludes halogenated alkanes) is 2. The van der Waals surface area contributed by atoms with Gasteiger partial charge in [0.25, 0.3) is 0 Å². The van der Waals surface area contributed by atoms with E-state index in [1.165, 1.54) is 32.2 Å². The number of nitrogens with one attached hydrogen (secondary N) is 1. The zero-order valence-corrected chi connectivity index (χ0v) is 13.3. The van der Waals surface area contributed by atoms with Crippen LogP contribution in [0.3, 0.4) is 0 Å². The molecule has 0 heterocycles. The molecule has 0 rings (SSSR count). The molecule has 0 saturated carbocycles. The second-order valence-electron chi connectivity index (χ2n) is 5.82. The van der Waals surface area contributed by atoms with Crippen molar-refractivity contribution < 1.29 is 0 Å². The highest BCUT2D eigenvalue weighted by Crippen LogP contribution is 2.10. The molecule has 0 fully saturated rings. The molecule has 0 aliphatic rings. The van der Waals surface area contributed by atoms with Crippen LogP contribution in [0.15, 0.2) is 0 Å². The third-order valence-electron chi connectivity index (χ3n) is 3.64. The Morgan fingerprint density at radius 1 is 1.00 bits per heavy atom. The van der Waals surface area contributed by atoms with Crippen LogP contribution in [-0.2, 0) is 0 Å². The third-order valence-corrected chi connectivity index (χ3v) is 3.64. The lowest BCUT2D eigenvalue weighted by Crippen LogP contribution is -2.37. The Hall–Kier alpha value is -0.0800. The summed E-state index contributed by atoms with van der Waals surface area (Å²) in [5.74, 6) is 0.